The number of carbonyl (C=O) groups excluding carboxylic acids is 1. The molecule has 0 aromatic rings. The molecule has 0 aromatic heterocycles. The lowest BCUT2D eigenvalue weighted by atomic mass is 9.85. The number of hydrogen-bond acceptors (Lipinski definition) is 2. The predicted molar refractivity (Wildman–Crippen MR) is 86.0 cm³/mol. The summed E-state index contributed by atoms with van der Waals surface area (Å²) >= 11 is 0. The van der Waals surface area contributed by atoms with Gasteiger partial charge >= 0.3 is 0 Å². The van der Waals surface area contributed by atoms with Gasteiger partial charge in [-0.1, -0.05) is 13.3 Å². The largest absolute Gasteiger partial charge is 0.343 e. The molecule has 0 saturated heterocycles. The van der Waals surface area contributed by atoms with Gasteiger partial charge in [0.2, 0.25) is 5.91 Å². The number of amides is 1. The molecular formula is C18H32N2O. The zero-order valence-electron chi connectivity index (χ0n) is 13.8. The molecule has 0 heterocycles. The van der Waals surface area contributed by atoms with E-state index in [4.69, 9.17) is 0 Å². The van der Waals surface area contributed by atoms with Crippen LogP contribution in [0.4, 0.5) is 0 Å². The van der Waals surface area contributed by atoms with Crippen LogP contribution in [0.3, 0.4) is 0 Å². The molecule has 1 N–H and O–H groups in total. The Hall–Kier alpha value is -0.570. The molecule has 0 aromatic carbocycles. The van der Waals surface area contributed by atoms with Crippen molar-refractivity contribution >= 4 is 5.91 Å². The Bertz CT molecular complexity index is 362. The second-order valence-corrected chi connectivity index (χ2v) is 7.71. The van der Waals surface area contributed by atoms with Crippen molar-refractivity contribution in [3.8, 4) is 0 Å². The van der Waals surface area contributed by atoms with Gasteiger partial charge in [-0.15, -0.1) is 0 Å². The van der Waals surface area contributed by atoms with Crippen LogP contribution < -0.4 is 5.32 Å². The van der Waals surface area contributed by atoms with Gasteiger partial charge in [0.05, 0.1) is 0 Å². The molecule has 1 amide bonds. The molecule has 3 nitrogen and oxygen atoms in total. The van der Waals surface area contributed by atoms with Gasteiger partial charge in [0, 0.05) is 25.6 Å². The third kappa shape index (κ3) is 3.44. The zero-order valence-corrected chi connectivity index (χ0v) is 13.8. The number of hydrogen-bond donors (Lipinski definition) is 1. The third-order valence-corrected chi connectivity index (χ3v) is 6.45. The third-order valence-electron chi connectivity index (χ3n) is 6.45. The molecule has 21 heavy (non-hydrogen) atoms. The first-order valence-corrected chi connectivity index (χ1v) is 9.16. The molecular weight excluding hydrogens is 260 g/mol. The molecule has 3 unspecified atom stereocenters. The predicted octanol–water partition coefficient (Wildman–Crippen LogP) is 3.19. The fraction of sp³-hybridized carbons (Fsp3) is 0.944. The lowest BCUT2D eigenvalue weighted by molar-refractivity contribution is -0.134. The zero-order chi connectivity index (χ0) is 14.8. The quantitative estimate of drug-likeness (QED) is 0.844. The van der Waals surface area contributed by atoms with E-state index in [1.807, 2.05) is 7.05 Å². The molecule has 0 aliphatic heterocycles. The molecule has 3 fully saturated rings. The summed E-state index contributed by atoms with van der Waals surface area (Å²) in [6.07, 6.45) is 11.2. The summed E-state index contributed by atoms with van der Waals surface area (Å²) in [4.78, 5) is 14.7. The Kier molecular flexibility index (Phi) is 4.88. The highest BCUT2D eigenvalue weighted by Gasteiger charge is 2.40. The Balaban J connectivity index is 1.44. The number of nitrogens with one attached hydrogen (secondary N) is 1. The molecule has 2 bridgehead atoms. The minimum atomic E-state index is 0.416. The second-order valence-electron chi connectivity index (χ2n) is 7.71. The first kappa shape index (κ1) is 15.3. The van der Waals surface area contributed by atoms with Crippen molar-refractivity contribution in [2.24, 2.45) is 17.8 Å². The van der Waals surface area contributed by atoms with E-state index in [9.17, 15) is 4.79 Å². The smallest absolute Gasteiger partial charge is 0.222 e. The first-order chi connectivity index (χ1) is 10.2. The number of fused-ring (bicyclic) bond motifs is 2. The minimum absolute atomic E-state index is 0.416. The van der Waals surface area contributed by atoms with Crippen LogP contribution in [0.1, 0.15) is 64.7 Å². The monoisotopic (exact) mass is 292 g/mol. The van der Waals surface area contributed by atoms with Crippen LogP contribution in [0.15, 0.2) is 0 Å². The highest BCUT2D eigenvalue weighted by molar-refractivity contribution is 5.76. The van der Waals surface area contributed by atoms with Gasteiger partial charge in [0.15, 0.2) is 0 Å². The van der Waals surface area contributed by atoms with Crippen LogP contribution in [0, 0.1) is 17.8 Å². The maximum absolute atomic E-state index is 12.6. The van der Waals surface area contributed by atoms with E-state index >= 15 is 0 Å². The molecule has 3 aliphatic rings. The fourth-order valence-corrected chi connectivity index (χ4v) is 5.15. The van der Waals surface area contributed by atoms with Crippen molar-refractivity contribution in [2.45, 2.75) is 76.8 Å². The summed E-state index contributed by atoms with van der Waals surface area (Å²) < 4.78 is 0. The van der Waals surface area contributed by atoms with E-state index in [1.54, 1.807) is 0 Å². The van der Waals surface area contributed by atoms with E-state index in [0.717, 1.165) is 24.8 Å². The summed E-state index contributed by atoms with van der Waals surface area (Å²) in [5.74, 6) is 2.95. The number of rotatable bonds is 5. The van der Waals surface area contributed by atoms with Crippen molar-refractivity contribution in [3.63, 3.8) is 0 Å². The number of nitrogens with zero attached hydrogens (tertiary/aromatic N) is 1. The summed E-state index contributed by atoms with van der Waals surface area (Å²) in [6.45, 7) is 3.24. The van der Waals surface area contributed by atoms with Crippen LogP contribution in [0.2, 0.25) is 0 Å². The standard InChI is InChI=1S/C18H32N2O/c1-3-19-16-6-8-17(9-7-16)20(2)18(21)12-15-11-13-4-5-14(15)10-13/h13-17,19H,3-12H2,1-2H3. The molecule has 3 aliphatic carbocycles. The van der Waals surface area contributed by atoms with E-state index in [2.05, 4.69) is 17.1 Å². The Morgan fingerprint density at radius 1 is 1.10 bits per heavy atom. The Labute approximate surface area is 129 Å². The van der Waals surface area contributed by atoms with Crippen molar-refractivity contribution < 1.29 is 4.79 Å². The molecule has 0 radical (unpaired) electrons. The highest BCUT2D eigenvalue weighted by Crippen LogP contribution is 2.49. The lowest BCUT2D eigenvalue weighted by Gasteiger charge is -2.36. The van der Waals surface area contributed by atoms with Gasteiger partial charge in [0.25, 0.3) is 0 Å². The van der Waals surface area contributed by atoms with Gasteiger partial charge in [-0.3, -0.25) is 4.79 Å². The van der Waals surface area contributed by atoms with Crippen LogP contribution in [-0.2, 0) is 4.79 Å². The van der Waals surface area contributed by atoms with Gasteiger partial charge in [-0.05, 0) is 69.2 Å². The highest BCUT2D eigenvalue weighted by atomic mass is 16.2. The molecule has 3 atom stereocenters. The van der Waals surface area contributed by atoms with E-state index < -0.39 is 0 Å². The van der Waals surface area contributed by atoms with Gasteiger partial charge < -0.3 is 10.2 Å². The minimum Gasteiger partial charge on any atom is -0.343 e. The summed E-state index contributed by atoms with van der Waals surface area (Å²) in [7, 11) is 2.05. The molecule has 3 rings (SSSR count). The molecule has 3 heteroatoms. The van der Waals surface area contributed by atoms with Crippen LogP contribution >= 0.6 is 0 Å². The van der Waals surface area contributed by atoms with Crippen LogP contribution in [0.5, 0.6) is 0 Å². The average molecular weight is 292 g/mol. The van der Waals surface area contributed by atoms with E-state index in [1.165, 1.54) is 51.4 Å². The van der Waals surface area contributed by atoms with Gasteiger partial charge in [-0.25, -0.2) is 0 Å². The van der Waals surface area contributed by atoms with Crippen molar-refractivity contribution in [1.82, 2.24) is 10.2 Å². The van der Waals surface area contributed by atoms with Crippen LogP contribution in [-0.4, -0.2) is 36.5 Å². The Morgan fingerprint density at radius 2 is 1.86 bits per heavy atom. The van der Waals surface area contributed by atoms with E-state index in [-0.39, 0.29) is 0 Å². The van der Waals surface area contributed by atoms with Crippen molar-refractivity contribution in [1.29, 1.82) is 0 Å². The molecule has 0 spiro atoms. The average Bonchev–Trinajstić information content (AvgIpc) is 3.10. The van der Waals surface area contributed by atoms with Crippen molar-refractivity contribution in [2.75, 3.05) is 13.6 Å². The summed E-state index contributed by atoms with van der Waals surface area (Å²) in [6, 6.07) is 1.17. The lowest BCUT2D eigenvalue weighted by Crippen LogP contribution is -2.43. The summed E-state index contributed by atoms with van der Waals surface area (Å²) in [5, 5.41) is 3.55. The van der Waals surface area contributed by atoms with Crippen LogP contribution in [0.25, 0.3) is 0 Å². The molecule has 3 saturated carbocycles. The first-order valence-electron chi connectivity index (χ1n) is 9.16. The number of carbonyl (C=O) groups is 1. The maximum Gasteiger partial charge on any atom is 0.222 e. The SMILES string of the molecule is CCNC1CCC(N(C)C(=O)CC2CC3CCC2C3)CC1. The molecule has 120 valence electrons. The summed E-state index contributed by atoms with van der Waals surface area (Å²) in [5.41, 5.74) is 0. The van der Waals surface area contributed by atoms with E-state index in [0.29, 0.717) is 23.9 Å². The fourth-order valence-electron chi connectivity index (χ4n) is 5.15. The van der Waals surface area contributed by atoms with Gasteiger partial charge in [-0.2, -0.15) is 0 Å². The Morgan fingerprint density at radius 3 is 2.43 bits per heavy atom. The van der Waals surface area contributed by atoms with Gasteiger partial charge in [0.1, 0.15) is 0 Å². The van der Waals surface area contributed by atoms with Crippen molar-refractivity contribution in [3.05, 3.63) is 0 Å². The maximum atomic E-state index is 12.6. The second kappa shape index (κ2) is 6.68. The topological polar surface area (TPSA) is 32.3 Å². The normalized spacial score (nSPS) is 38.7.